The van der Waals surface area contributed by atoms with Crippen molar-refractivity contribution in [2.24, 2.45) is 10.2 Å². The Bertz CT molecular complexity index is 156. The Hall–Kier alpha value is -0.930. The van der Waals surface area contributed by atoms with E-state index in [2.05, 4.69) is 15.0 Å². The first kappa shape index (κ1) is 7.18. The Morgan fingerprint density at radius 1 is 1.70 bits per heavy atom. The van der Waals surface area contributed by atoms with Crippen LogP contribution in [0.1, 0.15) is 12.8 Å². The molecule has 1 aliphatic heterocycles. The van der Waals surface area contributed by atoms with Gasteiger partial charge in [0, 0.05) is 0 Å². The third kappa shape index (κ3) is 1.52. The molecule has 0 saturated carbocycles. The minimum absolute atomic E-state index is 0.275. The highest BCUT2D eigenvalue weighted by atomic mass is 16.5. The highest BCUT2D eigenvalue weighted by Gasteiger charge is 2.19. The van der Waals surface area contributed by atoms with Crippen LogP contribution in [0.2, 0.25) is 0 Å². The quantitative estimate of drug-likeness (QED) is 0.508. The van der Waals surface area contributed by atoms with Crippen molar-refractivity contribution in [2.45, 2.75) is 18.9 Å². The molecule has 0 N–H and O–H groups in total. The molecule has 0 saturated heterocycles. The van der Waals surface area contributed by atoms with Crippen LogP contribution < -0.4 is 0 Å². The van der Waals surface area contributed by atoms with Crippen molar-refractivity contribution < 1.29 is 9.53 Å². The number of methoxy groups -OCH3 is 1. The molecule has 0 radical (unpaired) electrons. The summed E-state index contributed by atoms with van der Waals surface area (Å²) in [5, 5.41) is 7.50. The first-order valence-corrected chi connectivity index (χ1v) is 3.29. The average Bonchev–Trinajstić information content (AvgIpc) is 2.05. The highest BCUT2D eigenvalue weighted by Crippen LogP contribution is 2.09. The van der Waals surface area contributed by atoms with E-state index in [9.17, 15) is 4.79 Å². The van der Waals surface area contributed by atoms with Gasteiger partial charge in [-0.2, -0.15) is 10.2 Å². The summed E-state index contributed by atoms with van der Waals surface area (Å²) in [5.41, 5.74) is 0. The van der Waals surface area contributed by atoms with Gasteiger partial charge in [0.05, 0.1) is 13.7 Å². The van der Waals surface area contributed by atoms with E-state index in [-0.39, 0.29) is 12.0 Å². The molecule has 0 bridgehead atoms. The van der Waals surface area contributed by atoms with Crippen LogP contribution >= 0.6 is 0 Å². The second-order valence-electron chi connectivity index (χ2n) is 2.16. The summed E-state index contributed by atoms with van der Waals surface area (Å²) < 4.78 is 4.50. The van der Waals surface area contributed by atoms with E-state index in [4.69, 9.17) is 0 Å². The number of esters is 1. The third-order valence-corrected chi connectivity index (χ3v) is 1.43. The molecule has 0 aromatic rings. The fourth-order valence-corrected chi connectivity index (χ4v) is 0.870. The maximum Gasteiger partial charge on any atom is 0.332 e. The van der Waals surface area contributed by atoms with Crippen LogP contribution in [-0.4, -0.2) is 25.7 Å². The summed E-state index contributed by atoms with van der Waals surface area (Å²) in [6.45, 7) is 0.744. The zero-order chi connectivity index (χ0) is 7.40. The fourth-order valence-electron chi connectivity index (χ4n) is 0.870. The molecule has 0 fully saturated rings. The maximum atomic E-state index is 10.8. The van der Waals surface area contributed by atoms with Crippen molar-refractivity contribution in [3.63, 3.8) is 0 Å². The molecular weight excluding hydrogens is 132 g/mol. The van der Waals surface area contributed by atoms with E-state index in [1.807, 2.05) is 0 Å². The molecule has 0 amide bonds. The number of carbonyl (C=O) groups is 1. The highest BCUT2D eigenvalue weighted by molar-refractivity contribution is 5.75. The van der Waals surface area contributed by atoms with Gasteiger partial charge in [0.2, 0.25) is 0 Å². The largest absolute Gasteiger partial charge is 0.467 e. The van der Waals surface area contributed by atoms with Crippen LogP contribution in [0.4, 0.5) is 0 Å². The lowest BCUT2D eigenvalue weighted by atomic mass is 10.1. The number of azo groups is 1. The van der Waals surface area contributed by atoms with Gasteiger partial charge in [-0.05, 0) is 12.8 Å². The van der Waals surface area contributed by atoms with Gasteiger partial charge in [-0.15, -0.1) is 0 Å². The Labute approximate surface area is 59.3 Å². The zero-order valence-corrected chi connectivity index (χ0v) is 5.91. The van der Waals surface area contributed by atoms with E-state index >= 15 is 0 Å². The van der Waals surface area contributed by atoms with Gasteiger partial charge in [0.1, 0.15) is 0 Å². The fraction of sp³-hybridized carbons (Fsp3) is 0.833. The molecule has 0 aliphatic carbocycles. The zero-order valence-electron chi connectivity index (χ0n) is 5.91. The second-order valence-corrected chi connectivity index (χ2v) is 2.16. The number of rotatable bonds is 1. The predicted molar refractivity (Wildman–Crippen MR) is 34.8 cm³/mol. The van der Waals surface area contributed by atoms with Gasteiger partial charge in [0.15, 0.2) is 6.04 Å². The molecule has 4 heteroatoms. The van der Waals surface area contributed by atoms with Gasteiger partial charge in [-0.1, -0.05) is 0 Å². The van der Waals surface area contributed by atoms with E-state index in [0.717, 1.165) is 19.4 Å². The lowest BCUT2D eigenvalue weighted by molar-refractivity contribution is -0.142. The van der Waals surface area contributed by atoms with Gasteiger partial charge in [0.25, 0.3) is 0 Å². The molecular formula is C6H10N2O2. The van der Waals surface area contributed by atoms with Crippen molar-refractivity contribution in [3.8, 4) is 0 Å². The lowest BCUT2D eigenvalue weighted by Gasteiger charge is -2.10. The summed E-state index contributed by atoms with van der Waals surface area (Å²) in [4.78, 5) is 10.8. The Morgan fingerprint density at radius 3 is 3.00 bits per heavy atom. The minimum Gasteiger partial charge on any atom is -0.467 e. The van der Waals surface area contributed by atoms with Crippen molar-refractivity contribution in [1.29, 1.82) is 0 Å². The second kappa shape index (κ2) is 3.29. The van der Waals surface area contributed by atoms with Crippen LogP contribution in [0.5, 0.6) is 0 Å². The van der Waals surface area contributed by atoms with Crippen LogP contribution in [0, 0.1) is 0 Å². The molecule has 56 valence electrons. The molecule has 10 heavy (non-hydrogen) atoms. The summed E-state index contributed by atoms with van der Waals surface area (Å²) >= 11 is 0. The average molecular weight is 142 g/mol. The Balaban J connectivity index is 2.46. The predicted octanol–water partition coefficient (Wildman–Crippen LogP) is 0.774. The first-order chi connectivity index (χ1) is 4.84. The van der Waals surface area contributed by atoms with Crippen molar-refractivity contribution >= 4 is 5.97 Å². The summed E-state index contributed by atoms with van der Waals surface area (Å²) in [6.07, 6.45) is 1.71. The standard InChI is InChI=1S/C6H10N2O2/c1-10-6(9)5-3-2-4-7-8-5/h5H,2-4H2,1H3. The summed E-state index contributed by atoms with van der Waals surface area (Å²) in [6, 6.07) is -0.334. The summed E-state index contributed by atoms with van der Waals surface area (Å²) in [7, 11) is 1.37. The van der Waals surface area contributed by atoms with Gasteiger partial charge in [-0.3, -0.25) is 0 Å². The van der Waals surface area contributed by atoms with Crippen molar-refractivity contribution in [3.05, 3.63) is 0 Å². The van der Waals surface area contributed by atoms with E-state index in [0.29, 0.717) is 0 Å². The third-order valence-electron chi connectivity index (χ3n) is 1.43. The molecule has 1 heterocycles. The van der Waals surface area contributed by atoms with Crippen molar-refractivity contribution in [2.75, 3.05) is 13.7 Å². The van der Waals surface area contributed by atoms with Crippen LogP contribution in [0.25, 0.3) is 0 Å². The molecule has 1 atom stereocenters. The Morgan fingerprint density at radius 2 is 2.50 bits per heavy atom. The number of hydrogen-bond donors (Lipinski definition) is 0. The van der Waals surface area contributed by atoms with E-state index in [1.54, 1.807) is 0 Å². The molecule has 0 spiro atoms. The van der Waals surface area contributed by atoms with Crippen LogP contribution in [-0.2, 0) is 9.53 Å². The topological polar surface area (TPSA) is 51.0 Å². The minimum atomic E-state index is -0.334. The van der Waals surface area contributed by atoms with Gasteiger partial charge >= 0.3 is 5.97 Å². The number of nitrogens with zero attached hydrogens (tertiary/aromatic N) is 2. The first-order valence-electron chi connectivity index (χ1n) is 3.29. The number of ether oxygens (including phenoxy) is 1. The van der Waals surface area contributed by atoms with Gasteiger partial charge < -0.3 is 4.74 Å². The lowest BCUT2D eigenvalue weighted by Crippen LogP contribution is -2.21. The van der Waals surface area contributed by atoms with Crippen LogP contribution in [0.15, 0.2) is 10.2 Å². The van der Waals surface area contributed by atoms with E-state index < -0.39 is 0 Å². The molecule has 1 unspecified atom stereocenters. The number of carbonyl (C=O) groups excluding carboxylic acids is 1. The molecule has 0 aromatic heterocycles. The Kier molecular flexibility index (Phi) is 2.36. The monoisotopic (exact) mass is 142 g/mol. The smallest absolute Gasteiger partial charge is 0.332 e. The SMILES string of the molecule is COC(=O)C1CCCN=N1. The number of hydrogen-bond acceptors (Lipinski definition) is 4. The molecule has 0 aromatic carbocycles. The van der Waals surface area contributed by atoms with E-state index in [1.165, 1.54) is 7.11 Å². The molecule has 1 aliphatic rings. The maximum absolute atomic E-state index is 10.8. The van der Waals surface area contributed by atoms with Crippen LogP contribution in [0.3, 0.4) is 0 Å². The molecule has 1 rings (SSSR count). The van der Waals surface area contributed by atoms with Crippen molar-refractivity contribution in [1.82, 2.24) is 0 Å². The molecule has 4 nitrogen and oxygen atoms in total. The van der Waals surface area contributed by atoms with Gasteiger partial charge in [-0.25, -0.2) is 4.79 Å². The summed E-state index contributed by atoms with van der Waals surface area (Å²) in [5.74, 6) is -0.275. The normalized spacial score (nSPS) is 24.3.